The topological polar surface area (TPSA) is 312 Å². The maximum absolute atomic E-state index is 12.1. The highest BCUT2D eigenvalue weighted by atomic mass is 31.3. The number of aromatic amines is 1. The van der Waals surface area contributed by atoms with Crippen LogP contribution in [0.5, 0.6) is 11.5 Å². The first-order valence-electron chi connectivity index (χ1n) is 13.7. The van der Waals surface area contributed by atoms with Crippen LogP contribution in [-0.4, -0.2) is 95.9 Å². The number of nitrogens with one attached hydrogen (secondary N) is 1. The van der Waals surface area contributed by atoms with Gasteiger partial charge in [-0.2, -0.15) is 12.9 Å². The zero-order chi connectivity index (χ0) is 36.5. The van der Waals surface area contributed by atoms with Crippen LogP contribution in [0.3, 0.4) is 0 Å². The van der Waals surface area contributed by atoms with Crippen LogP contribution >= 0.6 is 31.3 Å². The third-order valence-electron chi connectivity index (χ3n) is 6.11. The predicted molar refractivity (Wildman–Crippen MR) is 163 cm³/mol. The molecule has 3 rings (SSSR count). The number of hydrogen-bond donors (Lipinski definition) is 7. The van der Waals surface area contributed by atoms with Crippen LogP contribution in [0.4, 0.5) is 0 Å². The first-order chi connectivity index (χ1) is 22.2. The molecule has 0 saturated carbocycles. The Balaban J connectivity index is 0.00000103. The first-order valence-corrected chi connectivity index (χ1v) is 19.6. The van der Waals surface area contributed by atoms with Gasteiger partial charge in [-0.3, -0.25) is 23.8 Å². The second-order valence-electron chi connectivity index (χ2n) is 9.36. The molecule has 0 amide bonds. The summed E-state index contributed by atoms with van der Waals surface area (Å²) < 4.78 is 79.3. The van der Waals surface area contributed by atoms with Crippen LogP contribution in [-0.2, 0) is 40.5 Å². The molecule has 1 aromatic heterocycles. The van der Waals surface area contributed by atoms with Gasteiger partial charge in [0.05, 0.1) is 13.7 Å². The molecule has 274 valence electrons. The van der Waals surface area contributed by atoms with Crippen molar-refractivity contribution in [2.45, 2.75) is 45.3 Å². The van der Waals surface area contributed by atoms with E-state index in [-0.39, 0.29) is 5.75 Å². The summed E-state index contributed by atoms with van der Waals surface area (Å²) in [6.07, 6.45) is -6.05. The maximum atomic E-state index is 12.1. The molecule has 4 unspecified atom stereocenters. The van der Waals surface area contributed by atoms with E-state index >= 15 is 0 Å². The average molecular weight is 771 g/mol. The number of hydrogen-bond acceptors (Lipinski definition) is 16. The fourth-order valence-corrected chi connectivity index (χ4v) is 8.74. The van der Waals surface area contributed by atoms with Gasteiger partial charge in [-0.25, -0.2) is 23.1 Å². The molecule has 7 N–H and O–H groups in total. The van der Waals surface area contributed by atoms with Crippen LogP contribution in [0, 0.1) is 0 Å². The van der Waals surface area contributed by atoms with Crippen molar-refractivity contribution >= 4 is 31.3 Å². The summed E-state index contributed by atoms with van der Waals surface area (Å²) in [6.45, 7) is 8.98. The van der Waals surface area contributed by atoms with Crippen LogP contribution in [0.25, 0.3) is 0 Å². The van der Waals surface area contributed by atoms with Gasteiger partial charge in [-0.05, 0) is 43.9 Å². The zero-order valence-electron chi connectivity index (χ0n) is 25.8. The van der Waals surface area contributed by atoms with Gasteiger partial charge in [-0.1, -0.05) is 20.8 Å². The molecule has 2 aromatic rings. The molecule has 1 aliphatic heterocycles. The first kappa shape index (κ1) is 42.1. The molecule has 2 heterocycles. The number of aliphatic hydroxyl groups excluding tert-OH is 2. The second-order valence-corrected chi connectivity index (χ2v) is 15.5. The predicted octanol–water partition coefficient (Wildman–Crippen LogP) is 1.06. The number of rotatable bonds is 16. The summed E-state index contributed by atoms with van der Waals surface area (Å²) in [7, 11) is -22.0. The molecule has 0 aliphatic carbocycles. The van der Waals surface area contributed by atoms with Crippen molar-refractivity contribution in [2.24, 2.45) is 0 Å². The molecule has 48 heavy (non-hydrogen) atoms. The number of H-pyrrole nitrogens is 1. The second kappa shape index (κ2) is 17.7. The Kier molecular flexibility index (Phi) is 15.6. The summed E-state index contributed by atoms with van der Waals surface area (Å²) in [5.74, 6) is -0.0621. The lowest BCUT2D eigenvalue weighted by Crippen LogP contribution is -2.37. The highest BCUT2D eigenvalue weighted by Crippen LogP contribution is 2.71. The minimum absolute atomic E-state index is 0.311. The fraction of sp³-hybridized carbons (Fsp3) is 0.545. The normalized spacial score (nSPS) is 24.3. The van der Waals surface area contributed by atoms with Gasteiger partial charge in [0.15, 0.2) is 6.23 Å². The zero-order valence-corrected chi connectivity index (χ0v) is 29.4. The third-order valence-corrected chi connectivity index (χ3v) is 12.0. The molecule has 22 nitrogen and oxygen atoms in total. The summed E-state index contributed by atoms with van der Waals surface area (Å²) in [4.78, 5) is 66.0. The Labute approximate surface area is 272 Å². The van der Waals surface area contributed by atoms with E-state index in [1.807, 2.05) is 4.98 Å². The quantitative estimate of drug-likeness (QED) is 0.117. The highest BCUT2D eigenvalue weighted by molar-refractivity contribution is 7.69. The smallest absolute Gasteiger partial charge is 0.497 e. The molecule has 1 aromatic carbocycles. The standard InChI is InChI=1S/C16H22N2O19P4.C6H15N/c1-31-9-2-4-10(5-3-9)34-39(25,26)36-41(29,30)37-40(27,28)35-38(23,24)32-8-11-13(20)14(21)15(33-11)18-7-6-12(19)17-16(18)22;1-4-7(5-2)6-3/h2-7,11,13-15,20-21H,8H2,1H3,(H,23,24)(H,25,26)(H,27,28)(H,29,30)(H,17,19,22);4-6H2,1-3H3/t11-,13-,14-,15-;/m1./s1. The molecule has 8 atom stereocenters. The van der Waals surface area contributed by atoms with Crippen LogP contribution < -0.4 is 20.5 Å². The van der Waals surface area contributed by atoms with Gasteiger partial charge in [0.25, 0.3) is 5.56 Å². The van der Waals surface area contributed by atoms with E-state index in [9.17, 15) is 57.6 Å². The van der Waals surface area contributed by atoms with Crippen molar-refractivity contribution in [1.82, 2.24) is 14.5 Å². The SMILES string of the molecule is CCN(CC)CC.COc1ccc(OP(=O)(O)OP(=O)(O)OP(=O)(O)OP(=O)(O)OC[C@H]2O[C@@H](n3ccc(=O)[nH]c3=O)[C@H](O)[C@@H]2O)cc1. The van der Waals surface area contributed by atoms with E-state index < -0.39 is 73.7 Å². The molecule has 0 bridgehead atoms. The van der Waals surface area contributed by atoms with Gasteiger partial charge >= 0.3 is 37.0 Å². The summed E-state index contributed by atoms with van der Waals surface area (Å²) in [6, 6.07) is 5.64. The summed E-state index contributed by atoms with van der Waals surface area (Å²) >= 11 is 0. The number of phosphoric acid groups is 4. The van der Waals surface area contributed by atoms with Gasteiger partial charge in [-0.15, -0.1) is 0 Å². The van der Waals surface area contributed by atoms with Crippen molar-refractivity contribution in [3.8, 4) is 11.5 Å². The van der Waals surface area contributed by atoms with Crippen molar-refractivity contribution in [1.29, 1.82) is 0 Å². The lowest BCUT2D eigenvalue weighted by atomic mass is 10.1. The summed E-state index contributed by atoms with van der Waals surface area (Å²) in [5, 5.41) is 20.3. The number of phosphoric ester groups is 2. The van der Waals surface area contributed by atoms with E-state index in [0.29, 0.717) is 10.3 Å². The molecular weight excluding hydrogens is 734 g/mol. The van der Waals surface area contributed by atoms with Crippen molar-refractivity contribution in [2.75, 3.05) is 33.4 Å². The number of benzene rings is 1. The number of methoxy groups -OCH3 is 1. The molecule has 0 radical (unpaired) electrons. The molecule has 1 fully saturated rings. The number of aliphatic hydroxyl groups is 2. The lowest BCUT2D eigenvalue weighted by Gasteiger charge is -2.21. The molecule has 26 heteroatoms. The maximum Gasteiger partial charge on any atom is 0.536 e. The Morgan fingerprint density at radius 2 is 1.29 bits per heavy atom. The third kappa shape index (κ3) is 13.3. The van der Waals surface area contributed by atoms with E-state index in [1.54, 1.807) is 0 Å². The van der Waals surface area contributed by atoms with Gasteiger partial charge in [0.2, 0.25) is 0 Å². The molecule has 1 aliphatic rings. The minimum Gasteiger partial charge on any atom is -0.497 e. The van der Waals surface area contributed by atoms with Crippen LogP contribution in [0.2, 0.25) is 0 Å². The van der Waals surface area contributed by atoms with E-state index in [0.717, 1.165) is 24.4 Å². The Morgan fingerprint density at radius 3 is 1.77 bits per heavy atom. The van der Waals surface area contributed by atoms with E-state index in [1.165, 1.54) is 38.9 Å². The number of nitrogens with zero attached hydrogens (tertiary/aromatic N) is 2. The Morgan fingerprint density at radius 1 is 0.792 bits per heavy atom. The van der Waals surface area contributed by atoms with Crippen molar-refractivity contribution in [3.63, 3.8) is 0 Å². The molecule has 1 saturated heterocycles. The van der Waals surface area contributed by atoms with Crippen LogP contribution in [0.1, 0.15) is 27.0 Å². The largest absolute Gasteiger partial charge is 0.536 e. The van der Waals surface area contributed by atoms with Gasteiger partial charge in [0, 0.05) is 12.3 Å². The van der Waals surface area contributed by atoms with E-state index in [4.69, 9.17) is 9.47 Å². The average Bonchev–Trinajstić information content (AvgIpc) is 3.24. The monoisotopic (exact) mass is 771 g/mol. The minimum atomic E-state index is -6.09. The van der Waals surface area contributed by atoms with E-state index in [2.05, 4.69) is 47.7 Å². The molecule has 0 spiro atoms. The molecular formula is C22H37N3O19P4. The van der Waals surface area contributed by atoms with Crippen molar-refractivity contribution in [3.05, 3.63) is 57.4 Å². The Bertz CT molecular complexity index is 1640. The number of aromatic nitrogens is 2. The Hall–Kier alpha value is -2.06. The fourth-order valence-electron chi connectivity index (χ4n) is 3.79. The van der Waals surface area contributed by atoms with Crippen molar-refractivity contribution < 1.29 is 79.5 Å². The van der Waals surface area contributed by atoms with Crippen LogP contribution in [0.15, 0.2) is 46.1 Å². The highest BCUT2D eigenvalue weighted by Gasteiger charge is 2.48. The number of ether oxygens (including phenoxy) is 2. The lowest BCUT2D eigenvalue weighted by molar-refractivity contribution is -0.0542. The van der Waals surface area contributed by atoms with Gasteiger partial charge in [0.1, 0.15) is 29.8 Å². The van der Waals surface area contributed by atoms with Gasteiger partial charge < -0.3 is 43.8 Å². The summed E-state index contributed by atoms with van der Waals surface area (Å²) in [5.41, 5.74) is -1.82.